The lowest BCUT2D eigenvalue weighted by atomic mass is 10.2. The summed E-state index contributed by atoms with van der Waals surface area (Å²) < 4.78 is 12.9. The highest BCUT2D eigenvalue weighted by Gasteiger charge is 2.20. The van der Waals surface area contributed by atoms with Crippen LogP contribution in [0, 0.1) is 0 Å². The van der Waals surface area contributed by atoms with Gasteiger partial charge in [-0.05, 0) is 36.4 Å². The van der Waals surface area contributed by atoms with Crippen molar-refractivity contribution in [2.75, 3.05) is 30.6 Å². The van der Waals surface area contributed by atoms with Crippen LogP contribution in [-0.2, 0) is 23.7 Å². The second kappa shape index (κ2) is 11.4. The Kier molecular flexibility index (Phi) is 8.00. The molecule has 2 heterocycles. The summed E-state index contributed by atoms with van der Waals surface area (Å²) in [6, 6.07) is 11.8. The number of methoxy groups -OCH3 is 2. The lowest BCUT2D eigenvalue weighted by Gasteiger charge is -2.13. The summed E-state index contributed by atoms with van der Waals surface area (Å²) in [5, 5.41) is 5.79. The number of aryl methyl sites for hydroxylation is 1. The lowest BCUT2D eigenvalue weighted by molar-refractivity contribution is -0.114. The molecule has 12 nitrogen and oxygen atoms in total. The minimum Gasteiger partial charge on any atom is -0.493 e. The molecule has 0 aliphatic heterocycles. The fraction of sp³-hybridized carbons (Fsp3) is 0.231. The van der Waals surface area contributed by atoms with Gasteiger partial charge >= 0.3 is 5.69 Å². The molecule has 0 saturated carbocycles. The van der Waals surface area contributed by atoms with Gasteiger partial charge in [0, 0.05) is 38.0 Å². The molecule has 4 rings (SSSR count). The second-order valence-electron chi connectivity index (χ2n) is 8.43. The maximum atomic E-state index is 13.1. The van der Waals surface area contributed by atoms with Gasteiger partial charge in [-0.3, -0.25) is 23.5 Å². The van der Waals surface area contributed by atoms with Gasteiger partial charge in [0.05, 0.1) is 20.0 Å². The Morgan fingerprint density at radius 3 is 2.28 bits per heavy atom. The zero-order valence-electron chi connectivity index (χ0n) is 21.9. The molecule has 4 aromatic rings. The van der Waals surface area contributed by atoms with Gasteiger partial charge in [-0.25, -0.2) is 14.8 Å². The van der Waals surface area contributed by atoms with E-state index in [0.717, 1.165) is 16.3 Å². The van der Waals surface area contributed by atoms with Crippen LogP contribution in [0.5, 0.6) is 11.5 Å². The largest absolute Gasteiger partial charge is 0.493 e. The van der Waals surface area contributed by atoms with Gasteiger partial charge < -0.3 is 20.1 Å². The standard InChI is InChI=1S/C26H26N6O6S/c1-14(33)27-16-7-6-8-17(12-16)28-20(34)13-39-24-21-23(31(2)26(36)32(3)25(21)35)29-22(30-24)15-9-10-18(37-4)19(11-15)38-5/h6-12H,13H2,1-5H3,(H,27,33)(H,28,34). The minimum atomic E-state index is -0.571. The number of thioether (sulfide) groups is 1. The number of carbonyl (C=O) groups is 2. The second-order valence-corrected chi connectivity index (χ2v) is 9.39. The summed E-state index contributed by atoms with van der Waals surface area (Å²) in [4.78, 5) is 59.0. The Hall–Kier alpha value is -4.65. The molecule has 0 atom stereocenters. The van der Waals surface area contributed by atoms with E-state index in [0.29, 0.717) is 28.4 Å². The smallest absolute Gasteiger partial charge is 0.332 e. The monoisotopic (exact) mass is 550 g/mol. The molecule has 2 aromatic heterocycles. The number of anilines is 2. The highest BCUT2D eigenvalue weighted by atomic mass is 32.2. The molecular weight excluding hydrogens is 524 g/mol. The summed E-state index contributed by atoms with van der Waals surface area (Å²) in [5.41, 5.74) is 0.607. The van der Waals surface area contributed by atoms with Gasteiger partial charge in [-0.15, -0.1) is 0 Å². The molecule has 0 aliphatic rings. The van der Waals surface area contributed by atoms with Gasteiger partial charge in [0.25, 0.3) is 5.56 Å². The van der Waals surface area contributed by atoms with Crippen LogP contribution in [-0.4, -0.2) is 50.9 Å². The van der Waals surface area contributed by atoms with E-state index in [1.54, 1.807) is 42.5 Å². The van der Waals surface area contributed by atoms with E-state index in [4.69, 9.17) is 9.47 Å². The maximum absolute atomic E-state index is 13.1. The van der Waals surface area contributed by atoms with Crippen LogP contribution < -0.4 is 31.4 Å². The van der Waals surface area contributed by atoms with E-state index < -0.39 is 11.2 Å². The molecule has 13 heteroatoms. The van der Waals surface area contributed by atoms with Crippen LogP contribution in [0.1, 0.15) is 6.92 Å². The van der Waals surface area contributed by atoms with Crippen molar-refractivity contribution in [1.29, 1.82) is 0 Å². The third kappa shape index (κ3) is 5.77. The molecule has 2 aromatic carbocycles. The minimum absolute atomic E-state index is 0.0894. The topological polar surface area (TPSA) is 146 Å². The molecule has 2 N–H and O–H groups in total. The third-order valence-corrected chi connectivity index (χ3v) is 6.69. The van der Waals surface area contributed by atoms with Crippen LogP contribution in [0.4, 0.5) is 11.4 Å². The van der Waals surface area contributed by atoms with Crippen LogP contribution >= 0.6 is 11.8 Å². The summed E-state index contributed by atoms with van der Waals surface area (Å²) in [6.45, 7) is 1.39. The number of hydrogen-bond acceptors (Lipinski definition) is 9. The molecule has 39 heavy (non-hydrogen) atoms. The van der Waals surface area contributed by atoms with Crippen molar-refractivity contribution in [2.24, 2.45) is 14.1 Å². The fourth-order valence-electron chi connectivity index (χ4n) is 3.85. The Labute approximate surface area is 227 Å². The van der Waals surface area contributed by atoms with E-state index in [1.807, 2.05) is 0 Å². The predicted molar refractivity (Wildman–Crippen MR) is 149 cm³/mol. The molecule has 0 fully saturated rings. The first-order valence-electron chi connectivity index (χ1n) is 11.6. The van der Waals surface area contributed by atoms with Crippen molar-refractivity contribution in [2.45, 2.75) is 11.9 Å². The molecule has 0 bridgehead atoms. The van der Waals surface area contributed by atoms with Crippen molar-refractivity contribution in [3.8, 4) is 22.9 Å². The average Bonchev–Trinajstić information content (AvgIpc) is 2.92. The third-order valence-electron chi connectivity index (χ3n) is 5.72. The maximum Gasteiger partial charge on any atom is 0.332 e. The van der Waals surface area contributed by atoms with Crippen molar-refractivity contribution in [1.82, 2.24) is 19.1 Å². The number of nitrogens with one attached hydrogen (secondary N) is 2. The van der Waals surface area contributed by atoms with Gasteiger partial charge in [0.2, 0.25) is 11.8 Å². The summed E-state index contributed by atoms with van der Waals surface area (Å²) in [6.07, 6.45) is 0. The number of carbonyl (C=O) groups excluding carboxylic acids is 2. The Morgan fingerprint density at radius 1 is 0.923 bits per heavy atom. The summed E-state index contributed by atoms with van der Waals surface area (Å²) >= 11 is 1.04. The number of amides is 2. The summed E-state index contributed by atoms with van der Waals surface area (Å²) in [5.74, 6) is 0.516. The van der Waals surface area contributed by atoms with Crippen LogP contribution in [0.15, 0.2) is 57.1 Å². The first kappa shape index (κ1) is 27.4. The van der Waals surface area contributed by atoms with Crippen molar-refractivity contribution < 1.29 is 19.1 Å². The Morgan fingerprint density at radius 2 is 1.62 bits per heavy atom. The SMILES string of the molecule is COc1ccc(-c2nc(SCC(=O)Nc3cccc(NC(C)=O)c3)c3c(=O)n(C)c(=O)n(C)c3n2)cc1OC. The van der Waals surface area contributed by atoms with E-state index in [-0.39, 0.29) is 39.5 Å². The number of fused-ring (bicyclic) bond motifs is 1. The molecule has 0 aliphatic carbocycles. The summed E-state index contributed by atoms with van der Waals surface area (Å²) in [7, 11) is 5.90. The first-order valence-corrected chi connectivity index (χ1v) is 12.6. The molecular formula is C26H26N6O6S. The average molecular weight is 551 g/mol. The molecule has 202 valence electrons. The highest BCUT2D eigenvalue weighted by Crippen LogP contribution is 2.33. The number of benzene rings is 2. The lowest BCUT2D eigenvalue weighted by Crippen LogP contribution is -2.37. The van der Waals surface area contributed by atoms with Gasteiger partial charge in [0.15, 0.2) is 23.0 Å². The quantitative estimate of drug-likeness (QED) is 0.249. The zero-order valence-corrected chi connectivity index (χ0v) is 22.7. The highest BCUT2D eigenvalue weighted by molar-refractivity contribution is 8.00. The number of ether oxygens (including phenoxy) is 2. The van der Waals surface area contributed by atoms with E-state index >= 15 is 0 Å². The van der Waals surface area contributed by atoms with Crippen LogP contribution in [0.3, 0.4) is 0 Å². The predicted octanol–water partition coefficient (Wildman–Crippen LogP) is 2.40. The Bertz CT molecular complexity index is 1710. The number of aromatic nitrogens is 4. The molecule has 0 spiro atoms. The molecule has 0 radical (unpaired) electrons. The van der Waals surface area contributed by atoms with Crippen molar-refractivity contribution >= 4 is 46.0 Å². The molecule has 0 saturated heterocycles. The molecule has 2 amide bonds. The fourth-order valence-corrected chi connectivity index (χ4v) is 4.66. The number of nitrogens with zero attached hydrogens (tertiary/aromatic N) is 4. The zero-order chi connectivity index (χ0) is 28.3. The van der Waals surface area contributed by atoms with Crippen LogP contribution in [0.25, 0.3) is 22.4 Å². The normalized spacial score (nSPS) is 10.8. The van der Waals surface area contributed by atoms with Gasteiger partial charge in [-0.2, -0.15) is 0 Å². The van der Waals surface area contributed by atoms with E-state index in [2.05, 4.69) is 20.6 Å². The van der Waals surface area contributed by atoms with Crippen LogP contribution in [0.2, 0.25) is 0 Å². The molecule has 0 unspecified atom stereocenters. The Balaban J connectivity index is 1.72. The van der Waals surface area contributed by atoms with Crippen molar-refractivity contribution in [3.05, 3.63) is 63.3 Å². The van der Waals surface area contributed by atoms with Crippen molar-refractivity contribution in [3.63, 3.8) is 0 Å². The van der Waals surface area contributed by atoms with Gasteiger partial charge in [0.1, 0.15) is 10.4 Å². The number of rotatable bonds is 8. The van der Waals surface area contributed by atoms with Gasteiger partial charge in [-0.1, -0.05) is 17.8 Å². The van der Waals surface area contributed by atoms with E-state index in [1.165, 1.54) is 39.8 Å². The van der Waals surface area contributed by atoms with E-state index in [9.17, 15) is 19.2 Å². The first-order chi connectivity index (χ1) is 18.6. The number of hydrogen-bond donors (Lipinski definition) is 2.